The summed E-state index contributed by atoms with van der Waals surface area (Å²) in [5.41, 5.74) is 2.04. The van der Waals surface area contributed by atoms with Crippen LogP contribution in [0.3, 0.4) is 0 Å². The number of carbonyl (C=O) groups excluding carboxylic acids is 1. The Kier molecular flexibility index (Phi) is 6.82. The Morgan fingerprint density at radius 1 is 1.13 bits per heavy atom. The van der Waals surface area contributed by atoms with E-state index in [-0.39, 0.29) is 17.6 Å². The maximum absolute atomic E-state index is 13.0. The van der Waals surface area contributed by atoms with Crippen molar-refractivity contribution in [1.29, 1.82) is 0 Å². The zero-order valence-corrected chi connectivity index (χ0v) is 17.4. The zero-order chi connectivity index (χ0) is 21.5. The lowest BCUT2D eigenvalue weighted by Crippen LogP contribution is -2.39. The molecular weight excluding hydrogens is 393 g/mol. The van der Waals surface area contributed by atoms with Gasteiger partial charge in [0.2, 0.25) is 5.91 Å². The van der Waals surface area contributed by atoms with Gasteiger partial charge in [-0.3, -0.25) is 9.78 Å². The minimum absolute atomic E-state index is 0.181. The quantitative estimate of drug-likeness (QED) is 0.611. The first-order valence-corrected chi connectivity index (χ1v) is 10.7. The smallest absolute Gasteiger partial charge is 0.222 e. The van der Waals surface area contributed by atoms with Gasteiger partial charge >= 0.3 is 0 Å². The molecule has 160 valence electrons. The number of aryl methyl sites for hydroxylation is 1. The second-order valence-corrected chi connectivity index (χ2v) is 7.82. The number of pyridine rings is 1. The summed E-state index contributed by atoms with van der Waals surface area (Å²) in [6.07, 6.45) is 8.95. The molecule has 1 fully saturated rings. The lowest BCUT2D eigenvalue weighted by Gasteiger charge is -2.32. The predicted molar refractivity (Wildman–Crippen MR) is 117 cm³/mol. The highest BCUT2D eigenvalue weighted by Crippen LogP contribution is 2.27. The molecule has 2 aromatic heterocycles. The van der Waals surface area contributed by atoms with Gasteiger partial charge in [0.1, 0.15) is 17.5 Å². The molecule has 0 radical (unpaired) electrons. The number of amides is 1. The number of carbonyl (C=O) groups is 1. The van der Waals surface area contributed by atoms with Crippen LogP contribution in [0.4, 0.5) is 16.0 Å². The van der Waals surface area contributed by atoms with Crippen LogP contribution < -0.4 is 5.32 Å². The van der Waals surface area contributed by atoms with E-state index in [0.717, 1.165) is 49.3 Å². The van der Waals surface area contributed by atoms with E-state index in [4.69, 9.17) is 4.98 Å². The summed E-state index contributed by atoms with van der Waals surface area (Å²) in [5.74, 6) is 1.54. The van der Waals surface area contributed by atoms with Crippen molar-refractivity contribution in [3.8, 4) is 0 Å². The highest BCUT2D eigenvalue weighted by molar-refractivity contribution is 5.76. The highest BCUT2D eigenvalue weighted by Gasteiger charge is 2.25. The van der Waals surface area contributed by atoms with Crippen molar-refractivity contribution in [2.24, 2.45) is 0 Å². The Hall–Kier alpha value is -3.35. The molecule has 0 aliphatic carbocycles. The van der Waals surface area contributed by atoms with Crippen molar-refractivity contribution in [3.05, 3.63) is 78.1 Å². The molecule has 1 aliphatic heterocycles. The first-order chi connectivity index (χ1) is 15.2. The van der Waals surface area contributed by atoms with E-state index in [2.05, 4.69) is 15.3 Å². The molecule has 4 rings (SSSR count). The largest absolute Gasteiger partial charge is 0.342 e. The molecule has 3 aromatic rings. The fourth-order valence-electron chi connectivity index (χ4n) is 3.94. The monoisotopic (exact) mass is 419 g/mol. The fraction of sp³-hybridized carbons (Fsp3) is 0.333. The van der Waals surface area contributed by atoms with Crippen molar-refractivity contribution >= 4 is 17.5 Å². The van der Waals surface area contributed by atoms with E-state index >= 15 is 0 Å². The number of benzene rings is 1. The number of nitrogens with zero attached hydrogens (tertiary/aromatic N) is 4. The summed E-state index contributed by atoms with van der Waals surface area (Å²) >= 11 is 0. The van der Waals surface area contributed by atoms with Gasteiger partial charge in [-0.15, -0.1) is 0 Å². The average Bonchev–Trinajstić information content (AvgIpc) is 2.81. The maximum atomic E-state index is 13.0. The van der Waals surface area contributed by atoms with Gasteiger partial charge in [0.05, 0.1) is 6.20 Å². The van der Waals surface area contributed by atoms with E-state index in [1.807, 2.05) is 23.1 Å². The number of piperidine rings is 1. The Bertz CT molecular complexity index is 996. The van der Waals surface area contributed by atoms with Gasteiger partial charge in [-0.2, -0.15) is 0 Å². The number of anilines is 2. The van der Waals surface area contributed by atoms with Crippen LogP contribution in [0, 0.1) is 5.82 Å². The van der Waals surface area contributed by atoms with Gasteiger partial charge in [-0.1, -0.05) is 18.2 Å². The molecule has 7 heteroatoms. The molecule has 1 aliphatic rings. The zero-order valence-electron chi connectivity index (χ0n) is 17.4. The molecule has 1 saturated heterocycles. The van der Waals surface area contributed by atoms with Gasteiger partial charge < -0.3 is 10.2 Å². The van der Waals surface area contributed by atoms with Gasteiger partial charge in [0.25, 0.3) is 0 Å². The number of likely N-dealkylation sites (tertiary alicyclic amines) is 1. The first-order valence-electron chi connectivity index (χ1n) is 10.7. The molecule has 1 unspecified atom stereocenters. The van der Waals surface area contributed by atoms with Crippen LogP contribution in [0.25, 0.3) is 0 Å². The number of aromatic nitrogens is 3. The third kappa shape index (κ3) is 5.84. The normalized spacial score (nSPS) is 16.2. The summed E-state index contributed by atoms with van der Waals surface area (Å²) in [4.78, 5) is 27.7. The number of hydrogen-bond donors (Lipinski definition) is 1. The number of halogens is 1. The van der Waals surface area contributed by atoms with Crippen molar-refractivity contribution < 1.29 is 9.18 Å². The van der Waals surface area contributed by atoms with Crippen LogP contribution >= 0.6 is 0 Å². The molecule has 3 heterocycles. The molecule has 6 nitrogen and oxygen atoms in total. The molecule has 1 amide bonds. The topological polar surface area (TPSA) is 71.0 Å². The van der Waals surface area contributed by atoms with Crippen LogP contribution in [0.5, 0.6) is 0 Å². The summed E-state index contributed by atoms with van der Waals surface area (Å²) in [6, 6.07) is 12.4. The van der Waals surface area contributed by atoms with Gasteiger partial charge in [0, 0.05) is 43.5 Å². The minimum atomic E-state index is -0.233. The lowest BCUT2D eigenvalue weighted by atomic mass is 9.94. The van der Waals surface area contributed by atoms with Crippen LogP contribution in [-0.2, 0) is 11.2 Å². The first kappa shape index (κ1) is 20.9. The Labute approximate surface area is 181 Å². The maximum Gasteiger partial charge on any atom is 0.222 e. The second-order valence-electron chi connectivity index (χ2n) is 7.82. The van der Waals surface area contributed by atoms with Crippen LogP contribution in [0.2, 0.25) is 0 Å². The van der Waals surface area contributed by atoms with Gasteiger partial charge in [0.15, 0.2) is 0 Å². The summed E-state index contributed by atoms with van der Waals surface area (Å²) in [6.45, 7) is 1.49. The molecular formula is C24H26FN5O. The molecule has 0 bridgehead atoms. The summed E-state index contributed by atoms with van der Waals surface area (Å²) < 4.78 is 13.0. The predicted octanol–water partition coefficient (Wildman–Crippen LogP) is 4.48. The van der Waals surface area contributed by atoms with Crippen molar-refractivity contribution in [2.75, 3.05) is 18.4 Å². The van der Waals surface area contributed by atoms with E-state index in [0.29, 0.717) is 18.8 Å². The third-order valence-corrected chi connectivity index (χ3v) is 5.55. The summed E-state index contributed by atoms with van der Waals surface area (Å²) in [7, 11) is 0. The number of hydrogen-bond acceptors (Lipinski definition) is 5. The molecule has 0 saturated carbocycles. The van der Waals surface area contributed by atoms with Crippen molar-refractivity contribution in [2.45, 2.75) is 38.0 Å². The Morgan fingerprint density at radius 3 is 2.81 bits per heavy atom. The SMILES string of the molecule is O=C(CCCc1ccc(F)cc1)N1CCCC(c2cccc(Nc3cnccn3)n2)C1. The highest BCUT2D eigenvalue weighted by atomic mass is 19.1. The third-order valence-electron chi connectivity index (χ3n) is 5.55. The Morgan fingerprint density at radius 2 is 2.00 bits per heavy atom. The fourth-order valence-corrected chi connectivity index (χ4v) is 3.94. The van der Waals surface area contributed by atoms with Crippen LogP contribution in [-0.4, -0.2) is 38.8 Å². The van der Waals surface area contributed by atoms with E-state index in [1.54, 1.807) is 30.7 Å². The molecule has 1 atom stereocenters. The minimum Gasteiger partial charge on any atom is -0.342 e. The van der Waals surface area contributed by atoms with Crippen LogP contribution in [0.1, 0.15) is 42.9 Å². The number of nitrogens with one attached hydrogen (secondary N) is 1. The van der Waals surface area contributed by atoms with Crippen molar-refractivity contribution in [1.82, 2.24) is 19.9 Å². The standard InChI is InChI=1S/C24H26FN5O/c25-20-11-9-18(10-12-20)4-1-8-24(31)30-15-3-5-19(17-30)21-6-2-7-22(28-21)29-23-16-26-13-14-27-23/h2,6-7,9-14,16,19H,1,3-5,8,15,17H2,(H,27,28,29). The molecule has 31 heavy (non-hydrogen) atoms. The second kappa shape index (κ2) is 10.1. The lowest BCUT2D eigenvalue weighted by molar-refractivity contribution is -0.132. The van der Waals surface area contributed by atoms with E-state index < -0.39 is 0 Å². The van der Waals surface area contributed by atoms with E-state index in [1.165, 1.54) is 12.1 Å². The average molecular weight is 420 g/mol. The van der Waals surface area contributed by atoms with E-state index in [9.17, 15) is 9.18 Å². The van der Waals surface area contributed by atoms with Gasteiger partial charge in [-0.05, 0) is 55.5 Å². The molecule has 1 N–H and O–H groups in total. The molecule has 1 aromatic carbocycles. The molecule has 0 spiro atoms. The van der Waals surface area contributed by atoms with Crippen molar-refractivity contribution in [3.63, 3.8) is 0 Å². The Balaban J connectivity index is 1.32. The van der Waals surface area contributed by atoms with Crippen LogP contribution in [0.15, 0.2) is 61.1 Å². The van der Waals surface area contributed by atoms with Gasteiger partial charge in [-0.25, -0.2) is 14.4 Å². The number of rotatable bonds is 7. The summed E-state index contributed by atoms with van der Waals surface area (Å²) in [5, 5.41) is 3.18.